The molecule has 1 aliphatic carbocycles. The van der Waals surface area contributed by atoms with Crippen LogP contribution < -0.4 is 5.63 Å². The minimum absolute atomic E-state index is 0.278. The zero-order chi connectivity index (χ0) is 13.2. The normalized spacial score (nSPS) is 10.8. The van der Waals surface area contributed by atoms with Crippen LogP contribution in [0.25, 0.3) is 22.5 Å². The van der Waals surface area contributed by atoms with Gasteiger partial charge in [-0.1, -0.05) is 42.5 Å². The number of furan rings is 1. The monoisotopic (exact) mass is 268 g/mol. The molecule has 0 radical (unpaired) electrons. The molecular weight excluding hydrogens is 256 g/mol. The number of hydrogen-bond donors (Lipinski definition) is 0. The van der Waals surface area contributed by atoms with Crippen LogP contribution in [0.5, 0.6) is 0 Å². The van der Waals surface area contributed by atoms with E-state index in [-0.39, 0.29) is 5.63 Å². The molecule has 0 fully saturated rings. The molecule has 0 unspecified atom stereocenters. The van der Waals surface area contributed by atoms with Gasteiger partial charge < -0.3 is 4.42 Å². The molecular formula is C16H12O2S. The third-order valence-corrected chi connectivity index (χ3v) is 3.76. The summed E-state index contributed by atoms with van der Waals surface area (Å²) in [5.41, 5.74) is 2.11. The van der Waals surface area contributed by atoms with Gasteiger partial charge in [0.1, 0.15) is 5.76 Å². The minimum atomic E-state index is -0.278. The van der Waals surface area contributed by atoms with Crippen molar-refractivity contribution in [2.45, 2.75) is 4.90 Å². The van der Waals surface area contributed by atoms with Crippen LogP contribution in [-0.4, -0.2) is 6.26 Å². The van der Waals surface area contributed by atoms with E-state index in [9.17, 15) is 4.79 Å². The van der Waals surface area contributed by atoms with E-state index in [2.05, 4.69) is 0 Å². The second-order valence-electron chi connectivity index (χ2n) is 4.19. The first kappa shape index (κ1) is 12.1. The Bertz CT molecular complexity index is 731. The number of benzene rings is 1. The van der Waals surface area contributed by atoms with E-state index in [1.807, 2.05) is 60.9 Å². The second-order valence-corrected chi connectivity index (χ2v) is 5.06. The van der Waals surface area contributed by atoms with E-state index in [1.165, 1.54) is 0 Å². The van der Waals surface area contributed by atoms with E-state index in [1.54, 1.807) is 11.8 Å². The summed E-state index contributed by atoms with van der Waals surface area (Å²) in [5.74, 6) is 0.637. The maximum absolute atomic E-state index is 12.1. The van der Waals surface area contributed by atoms with Gasteiger partial charge in [-0.15, -0.1) is 11.8 Å². The summed E-state index contributed by atoms with van der Waals surface area (Å²) >= 11 is 1.63. The average Bonchev–Trinajstić information content (AvgIpc) is 2.61. The number of thioether (sulfide) groups is 1. The second kappa shape index (κ2) is 4.94. The van der Waals surface area contributed by atoms with Gasteiger partial charge >= 0.3 is 5.63 Å². The Morgan fingerprint density at radius 3 is 2.53 bits per heavy atom. The highest BCUT2D eigenvalue weighted by atomic mass is 32.2. The molecule has 0 N–H and O–H groups in total. The van der Waals surface area contributed by atoms with Gasteiger partial charge in [-0.05, 0) is 24.0 Å². The topological polar surface area (TPSA) is 30.2 Å². The zero-order valence-corrected chi connectivity index (χ0v) is 11.2. The summed E-state index contributed by atoms with van der Waals surface area (Å²) in [7, 11) is 0. The van der Waals surface area contributed by atoms with E-state index < -0.39 is 0 Å². The molecule has 0 saturated heterocycles. The fourth-order valence-corrected chi connectivity index (χ4v) is 2.57. The van der Waals surface area contributed by atoms with Crippen LogP contribution in [0, 0.1) is 0 Å². The number of rotatable bonds is 2. The highest BCUT2D eigenvalue weighted by Crippen LogP contribution is 2.33. The van der Waals surface area contributed by atoms with Crippen LogP contribution in [0.2, 0.25) is 0 Å². The van der Waals surface area contributed by atoms with Crippen molar-refractivity contribution in [3.05, 3.63) is 65.0 Å². The van der Waals surface area contributed by atoms with Crippen LogP contribution in [-0.2, 0) is 0 Å². The predicted molar refractivity (Wildman–Crippen MR) is 78.8 cm³/mol. The molecule has 1 aromatic carbocycles. The lowest BCUT2D eigenvalue weighted by Gasteiger charge is -1.97. The quantitative estimate of drug-likeness (QED) is 0.654. The fraction of sp³-hybridized carbons (Fsp3) is 0.0625. The largest absolute Gasteiger partial charge is 0.422 e. The molecule has 0 amide bonds. The molecule has 0 atom stereocenters. The molecule has 1 heterocycles. The zero-order valence-electron chi connectivity index (χ0n) is 10.4. The maximum Gasteiger partial charge on any atom is 0.344 e. The van der Waals surface area contributed by atoms with Gasteiger partial charge in [0.05, 0.1) is 5.56 Å². The third kappa shape index (κ3) is 2.17. The van der Waals surface area contributed by atoms with E-state index in [0.29, 0.717) is 11.3 Å². The van der Waals surface area contributed by atoms with Crippen molar-refractivity contribution in [3.63, 3.8) is 0 Å². The molecule has 0 spiro atoms. The van der Waals surface area contributed by atoms with Gasteiger partial charge in [-0.2, -0.15) is 0 Å². The SMILES string of the molecule is CSc1cccc2c(-c3ccccc3)c(=O)oc-2c1. The van der Waals surface area contributed by atoms with Gasteiger partial charge in [0, 0.05) is 10.5 Å². The maximum atomic E-state index is 12.1. The summed E-state index contributed by atoms with van der Waals surface area (Å²) in [6, 6.07) is 17.4. The molecule has 0 aromatic heterocycles. The number of hydrogen-bond acceptors (Lipinski definition) is 3. The smallest absolute Gasteiger partial charge is 0.344 e. The lowest BCUT2D eigenvalue weighted by Crippen LogP contribution is -1.95. The van der Waals surface area contributed by atoms with Crippen molar-refractivity contribution >= 4 is 11.8 Å². The summed E-state index contributed by atoms with van der Waals surface area (Å²) in [4.78, 5) is 13.1. The van der Waals surface area contributed by atoms with Crippen LogP contribution in [0.3, 0.4) is 0 Å². The van der Waals surface area contributed by atoms with Crippen LogP contribution in [0.1, 0.15) is 0 Å². The molecule has 0 bridgehead atoms. The van der Waals surface area contributed by atoms with Crippen molar-refractivity contribution in [1.29, 1.82) is 0 Å². The Morgan fingerprint density at radius 1 is 1.00 bits per heavy atom. The molecule has 94 valence electrons. The Morgan fingerprint density at radius 2 is 1.79 bits per heavy atom. The Balaban J connectivity index is 2.27. The molecule has 19 heavy (non-hydrogen) atoms. The van der Waals surface area contributed by atoms with Crippen molar-refractivity contribution in [2.24, 2.45) is 0 Å². The van der Waals surface area contributed by atoms with Crippen LogP contribution in [0.4, 0.5) is 0 Å². The van der Waals surface area contributed by atoms with Gasteiger partial charge in [0.15, 0.2) is 0 Å². The molecule has 3 rings (SSSR count). The standard InChI is InChI=1S/C16H12O2S/c1-19-12-8-5-9-13-14(10-12)18-16(17)15(13)11-6-3-2-4-7-11/h2-10H,1H3. The van der Waals surface area contributed by atoms with E-state index in [0.717, 1.165) is 16.0 Å². The van der Waals surface area contributed by atoms with Crippen LogP contribution in [0.15, 0.2) is 68.7 Å². The Labute approximate surface area is 115 Å². The predicted octanol–water partition coefficient (Wildman–Crippen LogP) is 4.13. The van der Waals surface area contributed by atoms with Gasteiger partial charge in [0.25, 0.3) is 0 Å². The van der Waals surface area contributed by atoms with Crippen molar-refractivity contribution in [2.75, 3.05) is 6.26 Å². The van der Waals surface area contributed by atoms with E-state index in [4.69, 9.17) is 4.42 Å². The minimum Gasteiger partial charge on any atom is -0.422 e. The third-order valence-electron chi connectivity index (χ3n) is 3.04. The molecule has 0 saturated carbocycles. The summed E-state index contributed by atoms with van der Waals surface area (Å²) < 4.78 is 5.39. The first-order valence-electron chi connectivity index (χ1n) is 5.96. The Kier molecular flexibility index (Phi) is 3.13. The average molecular weight is 268 g/mol. The molecule has 2 aliphatic rings. The van der Waals surface area contributed by atoms with Gasteiger partial charge in [-0.3, -0.25) is 0 Å². The van der Waals surface area contributed by atoms with Gasteiger partial charge in [-0.25, -0.2) is 4.79 Å². The lowest BCUT2D eigenvalue weighted by atomic mass is 10.0. The highest BCUT2D eigenvalue weighted by molar-refractivity contribution is 7.98. The van der Waals surface area contributed by atoms with Crippen molar-refractivity contribution < 1.29 is 4.42 Å². The summed E-state index contributed by atoms with van der Waals surface area (Å²) in [6.45, 7) is 0. The summed E-state index contributed by atoms with van der Waals surface area (Å²) in [5, 5.41) is 0. The summed E-state index contributed by atoms with van der Waals surface area (Å²) in [6.07, 6.45) is 2.00. The van der Waals surface area contributed by atoms with Crippen molar-refractivity contribution in [1.82, 2.24) is 0 Å². The first-order valence-corrected chi connectivity index (χ1v) is 7.18. The molecule has 1 aromatic rings. The lowest BCUT2D eigenvalue weighted by molar-refractivity contribution is 0.545. The fourth-order valence-electron chi connectivity index (χ4n) is 2.13. The molecule has 1 aliphatic heterocycles. The highest BCUT2D eigenvalue weighted by Gasteiger charge is 2.18. The molecule has 3 heteroatoms. The van der Waals surface area contributed by atoms with Gasteiger partial charge in [0.2, 0.25) is 0 Å². The van der Waals surface area contributed by atoms with E-state index >= 15 is 0 Å². The first-order chi connectivity index (χ1) is 9.29. The molecule has 2 nitrogen and oxygen atoms in total. The number of fused-ring (bicyclic) bond motifs is 1. The van der Waals surface area contributed by atoms with Crippen LogP contribution >= 0.6 is 11.8 Å². The van der Waals surface area contributed by atoms with Crippen molar-refractivity contribution in [3.8, 4) is 22.5 Å². The Hall–Kier alpha value is -2.00.